The highest BCUT2D eigenvalue weighted by atomic mass is 79.9. The van der Waals surface area contributed by atoms with Crippen molar-refractivity contribution in [2.45, 2.75) is 17.4 Å². The Morgan fingerprint density at radius 3 is 1.35 bits per heavy atom. The Morgan fingerprint density at radius 2 is 1.12 bits per heavy atom. The summed E-state index contributed by atoms with van der Waals surface area (Å²) in [4.78, 5) is 12.6. The second-order valence-electron chi connectivity index (χ2n) is 6.10. The van der Waals surface area contributed by atoms with E-state index in [1.165, 1.54) is 0 Å². The van der Waals surface area contributed by atoms with Crippen LogP contribution in [-0.4, -0.2) is 15.1 Å². The second-order valence-corrected chi connectivity index (χ2v) is 11.7. The summed E-state index contributed by atoms with van der Waals surface area (Å²) in [6.45, 7) is 1.94. The van der Waals surface area contributed by atoms with Crippen LogP contribution in [0.15, 0.2) is 91.0 Å². The quantitative estimate of drug-likeness (QED) is 0.462. The highest BCUT2D eigenvalue weighted by Gasteiger charge is 2.65. The van der Waals surface area contributed by atoms with Gasteiger partial charge >= 0.3 is 5.97 Å². The predicted octanol–water partition coefficient (Wildman–Crippen LogP) is 4.57. The van der Waals surface area contributed by atoms with Gasteiger partial charge in [0.15, 0.2) is 0 Å². The topological polar surface area (TPSA) is 37.3 Å². The zero-order valence-corrected chi connectivity index (χ0v) is 17.0. The SMILES string of the molecule is CCC(Br)(C(=O)O)[P+](c1ccccc1)(c1ccccc1)c1ccccc1. The number of carbonyl (C=O) groups is 1. The summed E-state index contributed by atoms with van der Waals surface area (Å²) in [5, 5.41) is 13.5. The number of hydrogen-bond donors (Lipinski definition) is 1. The van der Waals surface area contributed by atoms with Crippen molar-refractivity contribution < 1.29 is 9.90 Å². The number of benzene rings is 3. The molecule has 3 aromatic carbocycles. The molecule has 1 unspecified atom stereocenters. The third kappa shape index (κ3) is 2.90. The average Bonchev–Trinajstić information content (AvgIpc) is 2.70. The molecule has 4 heteroatoms. The van der Waals surface area contributed by atoms with Crippen molar-refractivity contribution >= 4 is 45.1 Å². The molecule has 0 amide bonds. The Labute approximate surface area is 163 Å². The van der Waals surface area contributed by atoms with E-state index in [9.17, 15) is 9.90 Å². The van der Waals surface area contributed by atoms with Crippen LogP contribution in [0.25, 0.3) is 0 Å². The van der Waals surface area contributed by atoms with Crippen LogP contribution in [0.1, 0.15) is 13.3 Å². The summed E-state index contributed by atoms with van der Waals surface area (Å²) in [6, 6.07) is 30.2. The fraction of sp³-hybridized carbons (Fsp3) is 0.136. The second kappa shape index (κ2) is 7.73. The molecule has 0 saturated carbocycles. The molecule has 0 saturated heterocycles. The predicted molar refractivity (Wildman–Crippen MR) is 115 cm³/mol. The molecular formula is C22H21BrO2P+. The van der Waals surface area contributed by atoms with E-state index in [0.29, 0.717) is 6.42 Å². The molecular weight excluding hydrogens is 407 g/mol. The Hall–Kier alpha value is -1.96. The first-order valence-electron chi connectivity index (χ1n) is 8.55. The number of alkyl halides is 1. The zero-order valence-electron chi connectivity index (χ0n) is 14.5. The van der Waals surface area contributed by atoms with E-state index in [1.54, 1.807) is 0 Å². The smallest absolute Gasteiger partial charge is 0.360 e. The molecule has 2 nitrogen and oxygen atoms in total. The summed E-state index contributed by atoms with van der Waals surface area (Å²) >= 11 is 3.73. The normalized spacial score (nSPS) is 13.8. The molecule has 0 aliphatic heterocycles. The van der Waals surface area contributed by atoms with Gasteiger partial charge < -0.3 is 5.11 Å². The maximum absolute atomic E-state index is 12.6. The van der Waals surface area contributed by atoms with Crippen molar-refractivity contribution in [3.8, 4) is 0 Å². The number of carboxylic acid groups (broad SMARTS) is 1. The highest BCUT2D eigenvalue weighted by Crippen LogP contribution is 2.69. The Bertz CT molecular complexity index is 772. The number of halogens is 1. The molecule has 3 aromatic rings. The van der Waals surface area contributed by atoms with Crippen LogP contribution >= 0.6 is 23.2 Å². The van der Waals surface area contributed by atoms with Crippen molar-refractivity contribution in [3.63, 3.8) is 0 Å². The molecule has 26 heavy (non-hydrogen) atoms. The van der Waals surface area contributed by atoms with E-state index >= 15 is 0 Å². The summed E-state index contributed by atoms with van der Waals surface area (Å²) in [6.07, 6.45) is 0.467. The highest BCUT2D eigenvalue weighted by molar-refractivity contribution is 9.11. The standard InChI is InChI=1S/C22H20BrO2P/c1-2-22(23,21(24)25)26(18-12-6-3-7-13-18,19-14-8-4-9-15-19)20-16-10-5-11-17-20/h3-17H,2H2,1H3/p+1. The van der Waals surface area contributed by atoms with Crippen LogP contribution in [0.2, 0.25) is 0 Å². The van der Waals surface area contributed by atoms with Gasteiger partial charge in [0.25, 0.3) is 0 Å². The number of carboxylic acids is 1. The van der Waals surface area contributed by atoms with Gasteiger partial charge in [-0.25, -0.2) is 4.79 Å². The van der Waals surface area contributed by atoms with E-state index < -0.39 is 17.3 Å². The van der Waals surface area contributed by atoms with Gasteiger partial charge in [-0.3, -0.25) is 0 Å². The average molecular weight is 428 g/mol. The lowest BCUT2D eigenvalue weighted by Gasteiger charge is -2.37. The number of rotatable bonds is 6. The van der Waals surface area contributed by atoms with Crippen LogP contribution in [0, 0.1) is 0 Å². The van der Waals surface area contributed by atoms with Gasteiger partial charge in [0.2, 0.25) is 4.07 Å². The molecule has 0 aliphatic carbocycles. The number of hydrogen-bond acceptors (Lipinski definition) is 1. The van der Waals surface area contributed by atoms with Gasteiger partial charge in [0.1, 0.15) is 23.2 Å². The molecule has 0 spiro atoms. The monoisotopic (exact) mass is 427 g/mol. The van der Waals surface area contributed by atoms with Gasteiger partial charge in [-0.15, -0.1) is 0 Å². The molecule has 0 aromatic heterocycles. The largest absolute Gasteiger partial charge is 0.477 e. The lowest BCUT2D eigenvalue weighted by Crippen LogP contribution is -2.48. The van der Waals surface area contributed by atoms with Crippen molar-refractivity contribution in [2.24, 2.45) is 0 Å². The summed E-state index contributed by atoms with van der Waals surface area (Å²) < 4.78 is -1.09. The van der Waals surface area contributed by atoms with Gasteiger partial charge in [-0.2, -0.15) is 0 Å². The minimum atomic E-state index is -2.51. The fourth-order valence-corrected chi connectivity index (χ4v) is 10.1. The van der Waals surface area contributed by atoms with Crippen molar-refractivity contribution in [2.75, 3.05) is 0 Å². The van der Waals surface area contributed by atoms with Crippen LogP contribution in [0.5, 0.6) is 0 Å². The molecule has 132 valence electrons. The summed E-state index contributed by atoms with van der Waals surface area (Å²) in [7, 11) is -2.51. The summed E-state index contributed by atoms with van der Waals surface area (Å²) in [5.41, 5.74) is 0. The molecule has 0 fully saturated rings. The van der Waals surface area contributed by atoms with Crippen molar-refractivity contribution in [3.05, 3.63) is 91.0 Å². The van der Waals surface area contributed by atoms with Crippen LogP contribution in [0.4, 0.5) is 0 Å². The first kappa shape index (κ1) is 18.8. The molecule has 1 atom stereocenters. The Morgan fingerprint density at radius 1 is 0.808 bits per heavy atom. The Kier molecular flexibility index (Phi) is 5.60. The molecule has 0 bridgehead atoms. The van der Waals surface area contributed by atoms with E-state index in [2.05, 4.69) is 52.3 Å². The van der Waals surface area contributed by atoms with E-state index in [0.717, 1.165) is 15.9 Å². The van der Waals surface area contributed by atoms with Gasteiger partial charge in [0.05, 0.1) is 0 Å². The van der Waals surface area contributed by atoms with Crippen molar-refractivity contribution in [1.29, 1.82) is 0 Å². The molecule has 1 N–H and O–H groups in total. The zero-order chi connectivity index (χ0) is 18.6. The summed E-state index contributed by atoms with van der Waals surface area (Å²) in [5.74, 6) is -0.829. The van der Waals surface area contributed by atoms with Crippen LogP contribution in [-0.2, 0) is 4.79 Å². The maximum Gasteiger partial charge on any atom is 0.360 e. The Balaban J connectivity index is 2.50. The third-order valence-electron chi connectivity index (χ3n) is 4.76. The molecule has 0 heterocycles. The van der Waals surface area contributed by atoms with E-state index in [4.69, 9.17) is 0 Å². The van der Waals surface area contributed by atoms with E-state index in [1.807, 2.05) is 61.5 Å². The minimum Gasteiger partial charge on any atom is -0.477 e. The van der Waals surface area contributed by atoms with Crippen LogP contribution in [0.3, 0.4) is 0 Å². The number of aliphatic carboxylic acids is 1. The molecule has 3 rings (SSSR count). The molecule has 0 radical (unpaired) electrons. The third-order valence-corrected chi connectivity index (χ3v) is 12.0. The van der Waals surface area contributed by atoms with Crippen LogP contribution < -0.4 is 15.9 Å². The van der Waals surface area contributed by atoms with E-state index in [-0.39, 0.29) is 0 Å². The maximum atomic E-state index is 12.6. The molecule has 0 aliphatic rings. The minimum absolute atomic E-state index is 0.467. The van der Waals surface area contributed by atoms with Gasteiger partial charge in [0, 0.05) is 6.42 Å². The lowest BCUT2D eigenvalue weighted by molar-refractivity contribution is -0.137. The van der Waals surface area contributed by atoms with Gasteiger partial charge in [-0.05, 0) is 52.3 Å². The first-order chi connectivity index (χ1) is 12.6. The van der Waals surface area contributed by atoms with Gasteiger partial charge in [-0.1, -0.05) is 61.5 Å². The first-order valence-corrected chi connectivity index (χ1v) is 11.1. The fourth-order valence-electron chi connectivity index (χ4n) is 3.55. The lowest BCUT2D eigenvalue weighted by atomic mass is 10.3. The van der Waals surface area contributed by atoms with Crippen molar-refractivity contribution in [1.82, 2.24) is 0 Å².